The van der Waals surface area contributed by atoms with Gasteiger partial charge in [-0.15, -0.1) is 0 Å². The molecular weight excluding hydrogens is 456 g/mol. The average Bonchev–Trinajstić information content (AvgIpc) is 3.61. The number of rotatable bonds is 5. The SMILES string of the molecule is N#Cc1cc(Cc2cc3c(cc2F)[C@@](C#CC2CC2)(C(F)(F)F)NC(=O)N3)ncc1OCCO. The number of nitrogens with one attached hydrogen (secondary N) is 2. The first-order chi connectivity index (χ1) is 16.2. The van der Waals surface area contributed by atoms with E-state index in [9.17, 15) is 23.2 Å². The first-order valence-corrected chi connectivity index (χ1v) is 10.3. The number of hydrogen-bond acceptors (Lipinski definition) is 5. The highest BCUT2D eigenvalue weighted by atomic mass is 19.4. The molecule has 1 atom stereocenters. The maximum absolute atomic E-state index is 15.0. The predicted molar refractivity (Wildman–Crippen MR) is 111 cm³/mol. The first kappa shape index (κ1) is 23.3. The van der Waals surface area contributed by atoms with Crippen molar-refractivity contribution in [3.05, 3.63) is 52.6 Å². The number of aliphatic hydroxyl groups is 1. The summed E-state index contributed by atoms with van der Waals surface area (Å²) in [5, 5.41) is 22.3. The minimum atomic E-state index is -5.00. The minimum Gasteiger partial charge on any atom is -0.488 e. The van der Waals surface area contributed by atoms with Crippen molar-refractivity contribution in [2.24, 2.45) is 5.92 Å². The quantitative estimate of drug-likeness (QED) is 0.455. The Labute approximate surface area is 191 Å². The van der Waals surface area contributed by atoms with E-state index in [0.29, 0.717) is 12.8 Å². The standard InChI is InChI=1S/C23H18F4N4O3/c24-18-10-17-19(30-21(33)31-22(17,23(25,26)27)4-3-13-1-2-13)9-14(18)7-16-8-15(11-28)20(12-29-16)34-6-5-32/h8-10,12-13,32H,1-2,5-7H2,(H2,30,31,33)/t22-/m0/s1. The Bertz CT molecular complexity index is 1240. The van der Waals surface area contributed by atoms with Crippen molar-refractivity contribution in [1.29, 1.82) is 5.26 Å². The van der Waals surface area contributed by atoms with Crippen molar-refractivity contribution < 1.29 is 32.2 Å². The van der Waals surface area contributed by atoms with Crippen LogP contribution in [-0.4, -0.2) is 35.5 Å². The fourth-order valence-electron chi connectivity index (χ4n) is 3.53. The number of pyridine rings is 1. The topological polar surface area (TPSA) is 107 Å². The number of benzene rings is 1. The van der Waals surface area contributed by atoms with E-state index in [-0.39, 0.29) is 53.8 Å². The molecule has 0 bridgehead atoms. The lowest BCUT2D eigenvalue weighted by molar-refractivity contribution is -0.178. The highest BCUT2D eigenvalue weighted by Gasteiger charge is 2.59. The van der Waals surface area contributed by atoms with Crippen LogP contribution in [0.15, 0.2) is 24.4 Å². The van der Waals surface area contributed by atoms with Crippen molar-refractivity contribution >= 4 is 11.7 Å². The fraction of sp³-hybridized carbons (Fsp3) is 0.348. The summed E-state index contributed by atoms with van der Waals surface area (Å²) in [6.07, 6.45) is -2.57. The van der Waals surface area contributed by atoms with Crippen molar-refractivity contribution in [3.63, 3.8) is 0 Å². The van der Waals surface area contributed by atoms with E-state index >= 15 is 4.39 Å². The monoisotopic (exact) mass is 474 g/mol. The van der Waals surface area contributed by atoms with E-state index in [2.05, 4.69) is 22.1 Å². The lowest BCUT2D eigenvalue weighted by Gasteiger charge is -2.37. The number of nitriles is 1. The molecule has 0 spiro atoms. The minimum absolute atomic E-state index is 0.0346. The molecule has 2 amide bonds. The Morgan fingerprint density at radius 3 is 2.71 bits per heavy atom. The van der Waals surface area contributed by atoms with Gasteiger partial charge in [0, 0.05) is 29.3 Å². The van der Waals surface area contributed by atoms with E-state index in [1.54, 1.807) is 0 Å². The molecule has 2 aliphatic rings. The van der Waals surface area contributed by atoms with E-state index in [1.165, 1.54) is 12.3 Å². The molecule has 176 valence electrons. The maximum Gasteiger partial charge on any atom is 0.427 e. The number of fused-ring (bicyclic) bond motifs is 1. The summed E-state index contributed by atoms with van der Waals surface area (Å²) in [6, 6.07) is 3.99. The normalized spacial score (nSPS) is 19.1. The molecule has 0 unspecified atom stereocenters. The summed E-state index contributed by atoms with van der Waals surface area (Å²) < 4.78 is 62.8. The Kier molecular flexibility index (Phi) is 6.07. The number of hydrogen-bond donors (Lipinski definition) is 3. The van der Waals surface area contributed by atoms with Gasteiger partial charge in [-0.05, 0) is 36.6 Å². The smallest absolute Gasteiger partial charge is 0.427 e. The zero-order valence-electron chi connectivity index (χ0n) is 17.6. The average molecular weight is 474 g/mol. The second kappa shape index (κ2) is 8.84. The van der Waals surface area contributed by atoms with E-state index in [1.807, 2.05) is 11.4 Å². The Balaban J connectivity index is 1.73. The molecule has 4 rings (SSSR count). The Hall–Kier alpha value is -3.83. The van der Waals surface area contributed by atoms with Crippen molar-refractivity contribution in [3.8, 4) is 23.7 Å². The number of ether oxygens (including phenoxy) is 1. The van der Waals surface area contributed by atoms with Gasteiger partial charge in [0.2, 0.25) is 5.54 Å². The van der Waals surface area contributed by atoms with Crippen LogP contribution >= 0.6 is 0 Å². The van der Waals surface area contributed by atoms with Gasteiger partial charge in [0.15, 0.2) is 5.75 Å². The zero-order chi connectivity index (χ0) is 24.5. The summed E-state index contributed by atoms with van der Waals surface area (Å²) in [6.45, 7) is -0.314. The summed E-state index contributed by atoms with van der Waals surface area (Å²) in [5.74, 6) is 3.71. The number of aromatic nitrogens is 1. The summed E-state index contributed by atoms with van der Waals surface area (Å²) >= 11 is 0. The number of aliphatic hydroxyl groups excluding tert-OH is 1. The number of amides is 2. The highest BCUT2D eigenvalue weighted by Crippen LogP contribution is 2.45. The molecule has 7 nitrogen and oxygen atoms in total. The fourth-order valence-corrected chi connectivity index (χ4v) is 3.53. The van der Waals surface area contributed by atoms with Crippen molar-refractivity contribution in [2.45, 2.75) is 31.0 Å². The van der Waals surface area contributed by atoms with E-state index in [0.717, 1.165) is 12.1 Å². The largest absolute Gasteiger partial charge is 0.488 e. The molecule has 1 aromatic heterocycles. The van der Waals surface area contributed by atoms with Gasteiger partial charge in [0.25, 0.3) is 0 Å². The van der Waals surface area contributed by atoms with E-state index in [4.69, 9.17) is 9.84 Å². The third-order valence-corrected chi connectivity index (χ3v) is 5.37. The number of carbonyl (C=O) groups is 1. The van der Waals surface area contributed by atoms with Gasteiger partial charge in [-0.3, -0.25) is 4.98 Å². The second-order valence-corrected chi connectivity index (χ2v) is 7.89. The third-order valence-electron chi connectivity index (χ3n) is 5.37. The molecule has 1 aliphatic carbocycles. The van der Waals surface area contributed by atoms with Crippen molar-refractivity contribution in [1.82, 2.24) is 10.3 Å². The Morgan fingerprint density at radius 1 is 1.29 bits per heavy atom. The van der Waals surface area contributed by atoms with Gasteiger partial charge in [-0.1, -0.05) is 11.8 Å². The number of halogens is 4. The predicted octanol–water partition coefficient (Wildman–Crippen LogP) is 3.36. The molecule has 2 aromatic rings. The molecule has 1 aliphatic heterocycles. The van der Waals surface area contributed by atoms with Gasteiger partial charge >= 0.3 is 12.2 Å². The lowest BCUT2D eigenvalue weighted by Crippen LogP contribution is -2.59. The van der Waals surface area contributed by atoms with Gasteiger partial charge in [0.1, 0.15) is 18.5 Å². The zero-order valence-corrected chi connectivity index (χ0v) is 17.6. The van der Waals surface area contributed by atoms with Crippen LogP contribution < -0.4 is 15.4 Å². The van der Waals surface area contributed by atoms with Crippen LogP contribution in [0.5, 0.6) is 5.75 Å². The molecule has 1 saturated carbocycles. The van der Waals surface area contributed by atoms with Gasteiger partial charge in [-0.25, -0.2) is 9.18 Å². The number of carbonyl (C=O) groups excluding carboxylic acids is 1. The van der Waals surface area contributed by atoms with Crippen LogP contribution in [0.4, 0.5) is 28.0 Å². The molecule has 0 radical (unpaired) electrons. The highest BCUT2D eigenvalue weighted by molar-refractivity contribution is 5.95. The molecular formula is C23H18F4N4O3. The maximum atomic E-state index is 15.0. The molecule has 11 heteroatoms. The van der Waals surface area contributed by atoms with Crippen LogP contribution in [0.2, 0.25) is 0 Å². The van der Waals surface area contributed by atoms with Crippen LogP contribution in [-0.2, 0) is 12.0 Å². The molecule has 2 heterocycles. The third kappa shape index (κ3) is 4.47. The number of alkyl halides is 3. The number of nitrogens with zero attached hydrogens (tertiary/aromatic N) is 2. The first-order valence-electron chi connectivity index (χ1n) is 10.3. The summed E-state index contributed by atoms with van der Waals surface area (Å²) in [4.78, 5) is 16.2. The molecule has 0 saturated heterocycles. The van der Waals surface area contributed by atoms with E-state index < -0.39 is 29.1 Å². The molecule has 3 N–H and O–H groups in total. The number of urea groups is 1. The molecule has 1 fully saturated rings. The summed E-state index contributed by atoms with van der Waals surface area (Å²) in [5.41, 5.74) is -3.47. The van der Waals surface area contributed by atoms with Gasteiger partial charge in [-0.2, -0.15) is 18.4 Å². The molecule has 34 heavy (non-hydrogen) atoms. The van der Waals surface area contributed by atoms with Crippen LogP contribution in [0, 0.1) is 34.9 Å². The summed E-state index contributed by atoms with van der Waals surface area (Å²) in [7, 11) is 0. The van der Waals surface area contributed by atoms with Crippen LogP contribution in [0.1, 0.15) is 35.2 Å². The number of anilines is 1. The van der Waals surface area contributed by atoms with Crippen molar-refractivity contribution in [2.75, 3.05) is 18.5 Å². The molecule has 1 aromatic carbocycles. The van der Waals surface area contributed by atoms with Gasteiger partial charge in [0.05, 0.1) is 18.4 Å². The lowest BCUT2D eigenvalue weighted by atomic mass is 9.85. The second-order valence-electron chi connectivity index (χ2n) is 7.89. The van der Waals surface area contributed by atoms with Crippen LogP contribution in [0.3, 0.4) is 0 Å². The Morgan fingerprint density at radius 2 is 2.06 bits per heavy atom. The van der Waals surface area contributed by atoms with Gasteiger partial charge < -0.3 is 20.5 Å². The van der Waals surface area contributed by atoms with Crippen LogP contribution in [0.25, 0.3) is 0 Å².